The van der Waals surface area contributed by atoms with Crippen molar-refractivity contribution in [3.8, 4) is 0 Å². The summed E-state index contributed by atoms with van der Waals surface area (Å²) in [6, 6.07) is 8.69. The van der Waals surface area contributed by atoms with Crippen LogP contribution in [0.1, 0.15) is 13.3 Å². The van der Waals surface area contributed by atoms with E-state index in [1.165, 1.54) is 10.4 Å². The van der Waals surface area contributed by atoms with Crippen molar-refractivity contribution in [3.05, 3.63) is 59.0 Å². The Morgan fingerprint density at radius 3 is 2.84 bits per heavy atom. The molecule has 1 aliphatic heterocycles. The minimum absolute atomic E-state index is 0.225. The van der Waals surface area contributed by atoms with Gasteiger partial charge in [0.05, 0.1) is 6.04 Å². The number of nitrogens with zero attached hydrogens (tertiary/aromatic N) is 2. The van der Waals surface area contributed by atoms with E-state index in [1.807, 2.05) is 11.8 Å². The molecule has 1 heterocycles. The zero-order chi connectivity index (χ0) is 17.2. The summed E-state index contributed by atoms with van der Waals surface area (Å²) in [5.74, 6) is 1.74. The van der Waals surface area contributed by atoms with Gasteiger partial charge in [0.2, 0.25) is 5.29 Å². The Bertz CT molecular complexity index is 897. The zero-order valence-electron chi connectivity index (χ0n) is 14.2. The summed E-state index contributed by atoms with van der Waals surface area (Å²) in [7, 11) is 0. The minimum atomic E-state index is 0.225. The van der Waals surface area contributed by atoms with E-state index in [9.17, 15) is 0 Å². The van der Waals surface area contributed by atoms with Crippen LogP contribution in [0.15, 0.2) is 58.6 Å². The predicted molar refractivity (Wildman–Crippen MR) is 111 cm³/mol. The van der Waals surface area contributed by atoms with Gasteiger partial charge in [-0.25, -0.2) is 4.99 Å². The van der Waals surface area contributed by atoms with Crippen LogP contribution in [0.2, 0.25) is 0 Å². The number of rotatable bonds is 2. The molecule has 3 unspecified atom stereocenters. The normalized spacial score (nSPS) is 31.1. The highest BCUT2D eigenvalue weighted by atomic mass is 35.5. The van der Waals surface area contributed by atoms with Gasteiger partial charge in [-0.1, -0.05) is 60.7 Å². The number of aliphatic imine (C=N–C) groups is 2. The quantitative estimate of drug-likeness (QED) is 0.445. The molecule has 3 aliphatic rings. The Morgan fingerprint density at radius 2 is 1.96 bits per heavy atom. The molecular weight excluding hydrogens is 348 g/mol. The van der Waals surface area contributed by atoms with E-state index in [1.54, 1.807) is 0 Å². The molecule has 4 atom stereocenters. The fraction of sp³-hybridized carbons (Fsp3) is 0.333. The molecule has 0 bridgehead atoms. The number of thioether (sulfide) groups is 1. The van der Waals surface area contributed by atoms with Crippen molar-refractivity contribution in [1.82, 2.24) is 0 Å². The highest BCUT2D eigenvalue weighted by Crippen LogP contribution is 2.38. The lowest BCUT2D eigenvalue weighted by atomic mass is 9.93. The summed E-state index contributed by atoms with van der Waals surface area (Å²) in [5, 5.41) is 3.50. The summed E-state index contributed by atoms with van der Waals surface area (Å²) < 4.78 is 0. The van der Waals surface area contributed by atoms with Gasteiger partial charge in [0.1, 0.15) is 0 Å². The molecule has 2 aliphatic carbocycles. The van der Waals surface area contributed by atoms with Crippen LogP contribution in [0, 0.1) is 11.8 Å². The number of amidine groups is 1. The van der Waals surface area contributed by atoms with Crippen LogP contribution in [0.25, 0.3) is 12.2 Å². The summed E-state index contributed by atoms with van der Waals surface area (Å²) in [4.78, 5) is 9.31. The van der Waals surface area contributed by atoms with Gasteiger partial charge >= 0.3 is 0 Å². The maximum Gasteiger partial charge on any atom is 0.217 e. The lowest BCUT2D eigenvalue weighted by molar-refractivity contribution is 0.585. The molecular formula is C21H21ClN2S. The monoisotopic (exact) mass is 368 g/mol. The van der Waals surface area contributed by atoms with E-state index in [-0.39, 0.29) is 6.04 Å². The number of hydrogen-bond acceptors (Lipinski definition) is 2. The van der Waals surface area contributed by atoms with Crippen LogP contribution in [0.4, 0.5) is 0 Å². The van der Waals surface area contributed by atoms with Crippen molar-refractivity contribution in [2.24, 2.45) is 21.8 Å². The van der Waals surface area contributed by atoms with Gasteiger partial charge < -0.3 is 0 Å². The molecule has 1 fully saturated rings. The number of halogens is 1. The molecule has 128 valence electrons. The first-order valence-corrected chi connectivity index (χ1v) is 10.2. The van der Waals surface area contributed by atoms with Crippen molar-refractivity contribution in [1.29, 1.82) is 0 Å². The van der Waals surface area contributed by atoms with Crippen molar-refractivity contribution in [3.63, 3.8) is 0 Å². The summed E-state index contributed by atoms with van der Waals surface area (Å²) in [6.07, 6.45) is 14.3. The molecule has 0 radical (unpaired) electrons. The van der Waals surface area contributed by atoms with Crippen LogP contribution in [-0.2, 0) is 0 Å². The van der Waals surface area contributed by atoms with Gasteiger partial charge in [-0.2, -0.15) is 11.8 Å². The van der Waals surface area contributed by atoms with E-state index >= 15 is 0 Å². The molecule has 25 heavy (non-hydrogen) atoms. The van der Waals surface area contributed by atoms with Crippen molar-refractivity contribution >= 4 is 46.5 Å². The third-order valence-electron chi connectivity index (χ3n) is 5.07. The fourth-order valence-corrected chi connectivity index (χ4v) is 5.31. The highest BCUT2D eigenvalue weighted by molar-refractivity contribution is 8.00. The molecule has 0 aromatic heterocycles. The van der Waals surface area contributed by atoms with Crippen LogP contribution >= 0.6 is 23.4 Å². The van der Waals surface area contributed by atoms with E-state index in [0.717, 1.165) is 17.9 Å². The minimum Gasteiger partial charge on any atom is -0.251 e. The molecule has 1 saturated heterocycles. The predicted octanol–water partition coefficient (Wildman–Crippen LogP) is 3.55. The van der Waals surface area contributed by atoms with Gasteiger partial charge in [0.15, 0.2) is 0 Å². The van der Waals surface area contributed by atoms with Gasteiger partial charge in [-0.05, 0) is 35.4 Å². The van der Waals surface area contributed by atoms with Crippen LogP contribution in [-0.4, -0.2) is 28.1 Å². The fourth-order valence-electron chi connectivity index (χ4n) is 3.63. The maximum absolute atomic E-state index is 6.39. The summed E-state index contributed by atoms with van der Waals surface area (Å²) in [5.41, 5.74) is 1.03. The lowest BCUT2D eigenvalue weighted by Gasteiger charge is -2.18. The topological polar surface area (TPSA) is 24.7 Å². The SMILES string of the molecule is CC(=NC(Cl)=NC1CSC2C=CC=C[C@@H]12)C1C=c2ccccc2=CC1. The standard InChI is InChI=1S/C21H21ClN2S/c1-14(16-11-10-15-6-2-3-7-17(15)12-16)23-21(22)24-19-13-25-20-9-5-4-8-18(19)20/h2-10,12,16,18-20H,11,13H2,1H3/t16?,18-,19?,20?/m0/s1. The van der Waals surface area contributed by atoms with Crippen LogP contribution < -0.4 is 10.4 Å². The molecule has 0 spiro atoms. The Balaban J connectivity index is 1.51. The second kappa shape index (κ2) is 7.35. The van der Waals surface area contributed by atoms with Crippen molar-refractivity contribution < 1.29 is 0 Å². The molecule has 4 rings (SSSR count). The van der Waals surface area contributed by atoms with Crippen molar-refractivity contribution in [2.45, 2.75) is 24.6 Å². The van der Waals surface area contributed by atoms with Gasteiger partial charge in [0.25, 0.3) is 0 Å². The number of fused-ring (bicyclic) bond motifs is 2. The number of allylic oxidation sites excluding steroid dienone is 2. The highest BCUT2D eigenvalue weighted by Gasteiger charge is 2.34. The van der Waals surface area contributed by atoms with Crippen LogP contribution in [0.3, 0.4) is 0 Å². The largest absolute Gasteiger partial charge is 0.251 e. The number of benzene rings is 1. The average Bonchev–Trinajstić information content (AvgIpc) is 3.04. The van der Waals surface area contributed by atoms with E-state index < -0.39 is 0 Å². The molecule has 1 aromatic rings. The van der Waals surface area contributed by atoms with Crippen LogP contribution in [0.5, 0.6) is 0 Å². The zero-order valence-corrected chi connectivity index (χ0v) is 15.8. The first-order chi connectivity index (χ1) is 12.2. The first kappa shape index (κ1) is 16.9. The molecule has 0 N–H and O–H groups in total. The average molecular weight is 369 g/mol. The van der Waals surface area contributed by atoms with Gasteiger partial charge in [-0.15, -0.1) is 0 Å². The van der Waals surface area contributed by atoms with E-state index in [0.29, 0.717) is 22.4 Å². The second-order valence-corrected chi connectivity index (χ2v) is 8.25. The van der Waals surface area contributed by atoms with Gasteiger partial charge in [0, 0.05) is 28.6 Å². The Hall–Kier alpha value is -1.58. The molecule has 0 amide bonds. The van der Waals surface area contributed by atoms with E-state index in [2.05, 4.69) is 72.6 Å². The second-order valence-electron chi connectivity index (χ2n) is 6.71. The maximum atomic E-state index is 6.39. The lowest BCUT2D eigenvalue weighted by Crippen LogP contribution is -2.30. The molecule has 0 saturated carbocycles. The molecule has 2 nitrogen and oxygen atoms in total. The van der Waals surface area contributed by atoms with Crippen molar-refractivity contribution in [2.75, 3.05) is 5.75 Å². The molecule has 1 aromatic carbocycles. The Morgan fingerprint density at radius 1 is 1.16 bits per heavy atom. The van der Waals surface area contributed by atoms with Gasteiger partial charge in [-0.3, -0.25) is 4.99 Å². The Labute approximate surface area is 157 Å². The summed E-state index contributed by atoms with van der Waals surface area (Å²) >= 11 is 8.35. The first-order valence-electron chi connectivity index (χ1n) is 8.73. The Kier molecular flexibility index (Phi) is 4.96. The summed E-state index contributed by atoms with van der Waals surface area (Å²) in [6.45, 7) is 2.05. The third-order valence-corrected chi connectivity index (χ3v) is 6.65. The van der Waals surface area contributed by atoms with E-state index in [4.69, 9.17) is 16.6 Å². The smallest absolute Gasteiger partial charge is 0.217 e. The third kappa shape index (κ3) is 3.68. The molecule has 4 heteroatoms. The number of hydrogen-bond donors (Lipinski definition) is 0.